The lowest BCUT2D eigenvalue weighted by molar-refractivity contribution is 0.304. The third-order valence-corrected chi connectivity index (χ3v) is 13.3. The van der Waals surface area contributed by atoms with Crippen molar-refractivity contribution in [2.45, 2.75) is 142 Å². The van der Waals surface area contributed by atoms with Crippen LogP contribution in [-0.4, -0.2) is 24.4 Å². The molecule has 0 unspecified atom stereocenters. The standard InChI is InChI=1S/C61H75NO3/c1-4-7-10-13-16-23-46-63-54-40-32-50(33-41-54)61(51-34-42-55(43-35-51)64-47-24-17-14-11-8-5-2,52-36-44-56(45-37-52)65-48-25-18-15-12-9-6-3)49-30-38-53(39-31-49)62-59-28-21-19-26-57(59)58-27-20-22-29-60(58)62/h19-22,26-45H,4-18,23-25,46-48H2,1-3H3. The van der Waals surface area contributed by atoms with Gasteiger partial charge in [0.2, 0.25) is 0 Å². The Kier molecular flexibility index (Phi) is 18.5. The van der Waals surface area contributed by atoms with Crippen molar-refractivity contribution in [3.8, 4) is 22.9 Å². The minimum absolute atomic E-state index is 0.660. The Labute approximate surface area is 391 Å². The molecule has 342 valence electrons. The van der Waals surface area contributed by atoms with Crippen molar-refractivity contribution < 1.29 is 14.2 Å². The van der Waals surface area contributed by atoms with Gasteiger partial charge in [0.15, 0.2) is 0 Å². The van der Waals surface area contributed by atoms with E-state index < -0.39 is 5.41 Å². The second-order valence-electron chi connectivity index (χ2n) is 18.1. The van der Waals surface area contributed by atoms with Crippen LogP contribution in [0.5, 0.6) is 17.2 Å². The number of aromatic nitrogens is 1. The van der Waals surface area contributed by atoms with Gasteiger partial charge in [0.25, 0.3) is 0 Å². The topological polar surface area (TPSA) is 32.6 Å². The first-order valence-corrected chi connectivity index (χ1v) is 25.5. The minimum Gasteiger partial charge on any atom is -0.494 e. The molecule has 7 aromatic rings. The summed E-state index contributed by atoms with van der Waals surface area (Å²) < 4.78 is 21.5. The molecule has 4 nitrogen and oxygen atoms in total. The first kappa shape index (κ1) is 47.5. The monoisotopic (exact) mass is 870 g/mol. The van der Waals surface area contributed by atoms with Gasteiger partial charge in [0, 0.05) is 16.5 Å². The van der Waals surface area contributed by atoms with Crippen LogP contribution in [0.15, 0.2) is 146 Å². The van der Waals surface area contributed by atoms with Gasteiger partial charge in [-0.25, -0.2) is 0 Å². The highest BCUT2D eigenvalue weighted by Gasteiger charge is 2.39. The van der Waals surface area contributed by atoms with Gasteiger partial charge in [-0.1, -0.05) is 202 Å². The van der Waals surface area contributed by atoms with E-state index in [2.05, 4.69) is 171 Å². The number of fused-ring (bicyclic) bond motifs is 3. The molecule has 0 saturated heterocycles. The number of hydrogen-bond donors (Lipinski definition) is 0. The Morgan fingerprint density at radius 1 is 0.323 bits per heavy atom. The summed E-state index contributed by atoms with van der Waals surface area (Å²) >= 11 is 0. The quantitative estimate of drug-likeness (QED) is 0.0347. The van der Waals surface area contributed by atoms with Gasteiger partial charge in [-0.05, 0) is 102 Å². The van der Waals surface area contributed by atoms with E-state index in [4.69, 9.17) is 14.2 Å². The van der Waals surface area contributed by atoms with Crippen molar-refractivity contribution in [2.24, 2.45) is 0 Å². The normalized spacial score (nSPS) is 11.7. The predicted octanol–water partition coefficient (Wildman–Crippen LogP) is 17.4. The molecule has 65 heavy (non-hydrogen) atoms. The summed E-state index contributed by atoms with van der Waals surface area (Å²) in [6.07, 6.45) is 22.4. The number of unbranched alkanes of at least 4 members (excludes halogenated alkanes) is 15. The summed E-state index contributed by atoms with van der Waals surface area (Å²) in [5, 5.41) is 2.52. The summed E-state index contributed by atoms with van der Waals surface area (Å²) in [6.45, 7) is 9.02. The summed E-state index contributed by atoms with van der Waals surface area (Å²) in [5.74, 6) is 2.74. The molecule has 0 aliphatic rings. The van der Waals surface area contributed by atoms with Crippen molar-refractivity contribution in [3.63, 3.8) is 0 Å². The summed E-state index contributed by atoms with van der Waals surface area (Å²) in [5.41, 5.74) is 7.60. The van der Waals surface area contributed by atoms with E-state index in [0.29, 0.717) is 0 Å². The molecule has 0 saturated carbocycles. The Bertz CT molecular complexity index is 2210. The second-order valence-corrected chi connectivity index (χ2v) is 18.1. The molecule has 0 bridgehead atoms. The fraction of sp³-hybridized carbons (Fsp3) is 0.410. The van der Waals surface area contributed by atoms with Crippen molar-refractivity contribution in [1.29, 1.82) is 0 Å². The van der Waals surface area contributed by atoms with Crippen LogP contribution in [0.3, 0.4) is 0 Å². The van der Waals surface area contributed by atoms with Crippen molar-refractivity contribution >= 4 is 21.8 Å². The van der Waals surface area contributed by atoms with Crippen LogP contribution >= 0.6 is 0 Å². The van der Waals surface area contributed by atoms with Crippen LogP contribution < -0.4 is 14.2 Å². The van der Waals surface area contributed by atoms with Crippen LogP contribution in [0, 0.1) is 0 Å². The Balaban J connectivity index is 1.25. The highest BCUT2D eigenvalue weighted by Crippen LogP contribution is 2.47. The average molecular weight is 870 g/mol. The van der Waals surface area contributed by atoms with Gasteiger partial charge in [-0.2, -0.15) is 0 Å². The van der Waals surface area contributed by atoms with Gasteiger partial charge < -0.3 is 18.8 Å². The number of para-hydroxylation sites is 2. The van der Waals surface area contributed by atoms with Crippen molar-refractivity contribution in [3.05, 3.63) is 168 Å². The maximum Gasteiger partial charge on any atom is 0.119 e. The van der Waals surface area contributed by atoms with Crippen molar-refractivity contribution in [1.82, 2.24) is 4.57 Å². The third kappa shape index (κ3) is 12.3. The molecule has 0 radical (unpaired) electrons. The summed E-state index contributed by atoms with van der Waals surface area (Å²) in [4.78, 5) is 0. The minimum atomic E-state index is -0.660. The molecule has 1 aromatic heterocycles. The summed E-state index contributed by atoms with van der Waals surface area (Å²) in [6, 6.07) is 53.5. The van der Waals surface area contributed by atoms with Gasteiger partial charge in [-0.15, -0.1) is 0 Å². The molecule has 0 amide bonds. The molecule has 0 fully saturated rings. The number of ether oxygens (including phenoxy) is 3. The molecule has 1 heterocycles. The Morgan fingerprint density at radius 2 is 0.615 bits per heavy atom. The lowest BCUT2D eigenvalue weighted by atomic mass is 9.65. The average Bonchev–Trinajstić information content (AvgIpc) is 3.69. The number of nitrogens with zero attached hydrogens (tertiary/aromatic N) is 1. The zero-order valence-corrected chi connectivity index (χ0v) is 39.9. The molecule has 0 aliphatic carbocycles. The van der Waals surface area contributed by atoms with Crippen LogP contribution in [0.1, 0.15) is 159 Å². The highest BCUT2D eigenvalue weighted by atomic mass is 16.5. The van der Waals surface area contributed by atoms with E-state index in [1.165, 1.54) is 140 Å². The molecule has 4 heteroatoms. The largest absolute Gasteiger partial charge is 0.494 e. The molecule has 0 atom stereocenters. The first-order chi connectivity index (χ1) is 32.2. The molecule has 6 aromatic carbocycles. The highest BCUT2D eigenvalue weighted by molar-refractivity contribution is 6.09. The number of benzene rings is 6. The van der Waals surface area contributed by atoms with Gasteiger partial charge in [0.1, 0.15) is 17.2 Å². The maximum atomic E-state index is 6.37. The van der Waals surface area contributed by atoms with E-state index >= 15 is 0 Å². The van der Waals surface area contributed by atoms with Crippen LogP contribution in [0.25, 0.3) is 27.5 Å². The van der Waals surface area contributed by atoms with E-state index in [1.54, 1.807) is 0 Å². The van der Waals surface area contributed by atoms with E-state index in [-0.39, 0.29) is 0 Å². The van der Waals surface area contributed by atoms with E-state index in [1.807, 2.05) is 0 Å². The zero-order chi connectivity index (χ0) is 44.9. The molecule has 7 rings (SSSR count). The molecular weight excluding hydrogens is 795 g/mol. The first-order valence-electron chi connectivity index (χ1n) is 25.5. The molecule has 0 spiro atoms. The SMILES string of the molecule is CCCCCCCCOc1ccc(C(c2ccc(OCCCCCCCC)cc2)(c2ccc(OCCCCCCCC)cc2)c2ccc(-n3c4ccccc4c4ccccc43)cc2)cc1. The number of rotatable bonds is 29. The smallest absolute Gasteiger partial charge is 0.119 e. The lowest BCUT2D eigenvalue weighted by Crippen LogP contribution is -2.31. The summed E-state index contributed by atoms with van der Waals surface area (Å²) in [7, 11) is 0. The fourth-order valence-corrected chi connectivity index (χ4v) is 9.68. The molecule has 0 aliphatic heterocycles. The van der Waals surface area contributed by atoms with Crippen LogP contribution in [0.4, 0.5) is 0 Å². The lowest BCUT2D eigenvalue weighted by Gasteiger charge is -2.37. The maximum absolute atomic E-state index is 6.37. The Morgan fingerprint density at radius 3 is 0.954 bits per heavy atom. The van der Waals surface area contributed by atoms with Gasteiger partial charge >= 0.3 is 0 Å². The number of hydrogen-bond acceptors (Lipinski definition) is 3. The third-order valence-electron chi connectivity index (χ3n) is 13.3. The molecular formula is C61H75NO3. The van der Waals surface area contributed by atoms with Gasteiger partial charge in [0.05, 0.1) is 36.3 Å². The zero-order valence-electron chi connectivity index (χ0n) is 39.9. The van der Waals surface area contributed by atoms with Crippen LogP contribution in [0.2, 0.25) is 0 Å². The fourth-order valence-electron chi connectivity index (χ4n) is 9.68. The van der Waals surface area contributed by atoms with E-state index in [9.17, 15) is 0 Å². The Hall–Kier alpha value is -5.48. The van der Waals surface area contributed by atoms with Crippen LogP contribution in [-0.2, 0) is 5.41 Å². The van der Waals surface area contributed by atoms with E-state index in [0.717, 1.165) is 62.0 Å². The van der Waals surface area contributed by atoms with Crippen molar-refractivity contribution in [2.75, 3.05) is 19.8 Å². The molecule has 0 N–H and O–H groups in total. The second kappa shape index (κ2) is 25.3. The predicted molar refractivity (Wildman–Crippen MR) is 276 cm³/mol. The van der Waals surface area contributed by atoms with Gasteiger partial charge in [-0.3, -0.25) is 0 Å².